The number of hydrogen-bond donors (Lipinski definition) is 1. The molecule has 10 heteroatoms. The second kappa shape index (κ2) is 10.2. The number of ether oxygens (including phenoxy) is 1. The molecule has 140 valence electrons. The fraction of sp³-hybridized carbons (Fsp3) is 0.571. The summed E-state index contributed by atoms with van der Waals surface area (Å²) in [4.78, 5) is 1.71. The van der Waals surface area contributed by atoms with Gasteiger partial charge in [0, 0.05) is 32.2 Å². The van der Waals surface area contributed by atoms with Crippen molar-refractivity contribution in [3.8, 4) is 5.75 Å². The van der Waals surface area contributed by atoms with Crippen LogP contribution in [0.4, 0.5) is 22.0 Å². The van der Waals surface area contributed by atoms with Gasteiger partial charge in [-0.15, -0.1) is 24.8 Å². The Morgan fingerprint density at radius 1 is 1.12 bits per heavy atom. The average molecular weight is 397 g/mol. The van der Waals surface area contributed by atoms with Crippen molar-refractivity contribution in [1.29, 1.82) is 0 Å². The maximum Gasteiger partial charge on any atom is 0.390 e. The van der Waals surface area contributed by atoms with Crippen LogP contribution >= 0.6 is 24.8 Å². The number of nitrogens with zero attached hydrogens (tertiary/aromatic N) is 1. The third-order valence-corrected chi connectivity index (χ3v) is 3.49. The first kappa shape index (κ1) is 23.2. The second-order valence-electron chi connectivity index (χ2n) is 5.07. The summed E-state index contributed by atoms with van der Waals surface area (Å²) in [6, 6.07) is 4.60. The number of halogens is 7. The van der Waals surface area contributed by atoms with E-state index in [1.807, 2.05) is 0 Å². The number of benzene rings is 1. The van der Waals surface area contributed by atoms with Gasteiger partial charge in [-0.25, -0.2) is 0 Å². The third kappa shape index (κ3) is 7.38. The van der Waals surface area contributed by atoms with Gasteiger partial charge in [0.1, 0.15) is 5.75 Å². The Morgan fingerprint density at radius 3 is 2.29 bits per heavy atom. The van der Waals surface area contributed by atoms with Crippen molar-refractivity contribution in [3.63, 3.8) is 0 Å². The van der Waals surface area contributed by atoms with Crippen LogP contribution in [0.3, 0.4) is 0 Å². The monoisotopic (exact) mass is 396 g/mol. The lowest BCUT2D eigenvalue weighted by molar-refractivity contribution is -0.148. The van der Waals surface area contributed by atoms with Crippen LogP contribution in [0.2, 0.25) is 0 Å². The van der Waals surface area contributed by atoms with Crippen LogP contribution in [-0.2, 0) is 0 Å². The van der Waals surface area contributed by atoms with Crippen molar-refractivity contribution >= 4 is 24.8 Å². The van der Waals surface area contributed by atoms with Gasteiger partial charge in [0.25, 0.3) is 0 Å². The molecule has 0 bridgehead atoms. The molecule has 1 saturated heterocycles. The third-order valence-electron chi connectivity index (χ3n) is 3.49. The van der Waals surface area contributed by atoms with Gasteiger partial charge in [0.15, 0.2) is 0 Å². The van der Waals surface area contributed by atoms with Gasteiger partial charge in [-0.1, -0.05) is 12.1 Å². The number of nitrogens with one attached hydrogen (secondary N) is 1. The summed E-state index contributed by atoms with van der Waals surface area (Å²) >= 11 is 0. The summed E-state index contributed by atoms with van der Waals surface area (Å²) in [6.07, 6.45) is -5.36. The van der Waals surface area contributed by atoms with Gasteiger partial charge in [0.2, 0.25) is 0 Å². The highest BCUT2D eigenvalue weighted by molar-refractivity contribution is 5.85. The molecular formula is C14H19Cl2F5N2O. The quantitative estimate of drug-likeness (QED) is 0.760. The maximum absolute atomic E-state index is 12.9. The zero-order chi connectivity index (χ0) is 16.2. The van der Waals surface area contributed by atoms with Crippen LogP contribution in [-0.4, -0.2) is 43.9 Å². The molecule has 0 amide bonds. The Kier molecular flexibility index (Phi) is 9.87. The Balaban J connectivity index is 0.00000264. The minimum atomic E-state index is -4.34. The first-order valence-corrected chi connectivity index (χ1v) is 6.91. The Labute approximate surface area is 149 Å². The standard InChI is InChI=1S/C14H17F5N2O.2ClH/c15-13(16)22-11-3-1-2-10(8-11)12(9-14(17,18)19)21-6-4-20-5-7-21;;/h1-3,8,12-13,20H,4-7,9H2;2*1H/t12-;;/m0../s1. The lowest BCUT2D eigenvalue weighted by Crippen LogP contribution is -2.46. The van der Waals surface area contributed by atoms with Crippen molar-refractivity contribution in [2.24, 2.45) is 0 Å². The summed E-state index contributed by atoms with van der Waals surface area (Å²) in [6.45, 7) is -0.861. The van der Waals surface area contributed by atoms with Crippen LogP contribution in [0.5, 0.6) is 5.75 Å². The largest absolute Gasteiger partial charge is 0.435 e. The van der Waals surface area contributed by atoms with E-state index in [2.05, 4.69) is 10.1 Å². The number of hydrogen-bond acceptors (Lipinski definition) is 3. The predicted molar refractivity (Wildman–Crippen MR) is 85.4 cm³/mol. The minimum Gasteiger partial charge on any atom is -0.435 e. The summed E-state index contributed by atoms with van der Waals surface area (Å²) in [5.74, 6) is -0.130. The molecule has 1 heterocycles. The molecule has 1 atom stereocenters. The zero-order valence-corrected chi connectivity index (χ0v) is 14.2. The van der Waals surface area contributed by atoms with E-state index in [1.54, 1.807) is 4.90 Å². The molecule has 1 aliphatic heterocycles. The van der Waals surface area contributed by atoms with Gasteiger partial charge in [-0.3, -0.25) is 4.90 Å². The molecule has 0 radical (unpaired) electrons. The number of rotatable bonds is 5. The molecule has 1 aliphatic rings. The molecule has 1 N–H and O–H groups in total. The molecule has 0 aromatic heterocycles. The van der Waals surface area contributed by atoms with Gasteiger partial charge >= 0.3 is 12.8 Å². The normalized spacial score (nSPS) is 16.9. The van der Waals surface area contributed by atoms with Crippen molar-refractivity contribution in [1.82, 2.24) is 10.2 Å². The smallest absolute Gasteiger partial charge is 0.390 e. The topological polar surface area (TPSA) is 24.5 Å². The van der Waals surface area contributed by atoms with E-state index >= 15 is 0 Å². The molecule has 3 nitrogen and oxygen atoms in total. The van der Waals surface area contributed by atoms with E-state index in [0.717, 1.165) is 0 Å². The molecule has 24 heavy (non-hydrogen) atoms. The van der Waals surface area contributed by atoms with Gasteiger partial charge < -0.3 is 10.1 Å². The fourth-order valence-corrected chi connectivity index (χ4v) is 2.57. The summed E-state index contributed by atoms with van der Waals surface area (Å²) in [5, 5.41) is 3.07. The minimum absolute atomic E-state index is 0. The summed E-state index contributed by atoms with van der Waals surface area (Å²) in [5.41, 5.74) is 0.331. The number of piperazine rings is 1. The average Bonchev–Trinajstić information content (AvgIpc) is 2.44. The van der Waals surface area contributed by atoms with E-state index in [9.17, 15) is 22.0 Å². The Hall–Kier alpha value is -0.830. The van der Waals surface area contributed by atoms with Gasteiger partial charge in [-0.2, -0.15) is 22.0 Å². The highest BCUT2D eigenvalue weighted by Crippen LogP contribution is 2.35. The Morgan fingerprint density at radius 2 is 1.75 bits per heavy atom. The highest BCUT2D eigenvalue weighted by Gasteiger charge is 2.36. The van der Waals surface area contributed by atoms with E-state index in [0.29, 0.717) is 31.7 Å². The van der Waals surface area contributed by atoms with Crippen LogP contribution in [0.25, 0.3) is 0 Å². The van der Waals surface area contributed by atoms with Crippen LogP contribution in [0.15, 0.2) is 24.3 Å². The van der Waals surface area contributed by atoms with E-state index < -0.39 is 25.3 Å². The summed E-state index contributed by atoms with van der Waals surface area (Å²) in [7, 11) is 0. The summed E-state index contributed by atoms with van der Waals surface area (Å²) < 4.78 is 67.4. The lowest BCUT2D eigenvalue weighted by atomic mass is 10.0. The first-order chi connectivity index (χ1) is 10.3. The number of alkyl halides is 5. The van der Waals surface area contributed by atoms with Crippen LogP contribution < -0.4 is 10.1 Å². The molecule has 0 aliphatic carbocycles. The van der Waals surface area contributed by atoms with E-state index in [1.165, 1.54) is 24.3 Å². The predicted octanol–water partition coefficient (Wildman–Crippen LogP) is 4.03. The van der Waals surface area contributed by atoms with Gasteiger partial charge in [0.05, 0.1) is 6.42 Å². The lowest BCUT2D eigenvalue weighted by Gasteiger charge is -2.35. The molecule has 1 fully saturated rings. The van der Waals surface area contributed by atoms with E-state index in [4.69, 9.17) is 0 Å². The van der Waals surface area contributed by atoms with Crippen molar-refractivity contribution in [3.05, 3.63) is 29.8 Å². The van der Waals surface area contributed by atoms with Crippen molar-refractivity contribution in [2.45, 2.75) is 25.3 Å². The molecular weight excluding hydrogens is 378 g/mol. The molecule has 1 aromatic rings. The molecule has 0 unspecified atom stereocenters. The fourth-order valence-electron chi connectivity index (χ4n) is 2.57. The van der Waals surface area contributed by atoms with Crippen molar-refractivity contribution in [2.75, 3.05) is 26.2 Å². The van der Waals surface area contributed by atoms with Crippen LogP contribution in [0, 0.1) is 0 Å². The SMILES string of the molecule is Cl.Cl.FC(F)Oc1cccc([C@H](CC(F)(F)F)N2CCNCC2)c1. The molecule has 0 spiro atoms. The van der Waals surface area contributed by atoms with E-state index in [-0.39, 0.29) is 30.6 Å². The maximum atomic E-state index is 12.9. The highest BCUT2D eigenvalue weighted by atomic mass is 35.5. The van der Waals surface area contributed by atoms with Crippen molar-refractivity contribution < 1.29 is 26.7 Å². The van der Waals surface area contributed by atoms with Crippen LogP contribution in [0.1, 0.15) is 18.0 Å². The Bertz CT molecular complexity index is 484. The molecule has 1 aromatic carbocycles. The van der Waals surface area contributed by atoms with Gasteiger partial charge in [-0.05, 0) is 17.7 Å². The second-order valence-corrected chi connectivity index (χ2v) is 5.07. The molecule has 2 rings (SSSR count). The molecule has 0 saturated carbocycles. The first-order valence-electron chi connectivity index (χ1n) is 6.91. The zero-order valence-electron chi connectivity index (χ0n) is 12.6.